The number of H-pyrrole nitrogens is 1. The molecule has 0 amide bonds. The van der Waals surface area contributed by atoms with Gasteiger partial charge in [-0.05, 0) is 34.3 Å². The average Bonchev–Trinajstić information content (AvgIpc) is 2.92. The quantitative estimate of drug-likeness (QED) is 0.717. The molecule has 0 saturated carbocycles. The van der Waals surface area contributed by atoms with Crippen LogP contribution in [0.5, 0.6) is 0 Å². The van der Waals surface area contributed by atoms with Gasteiger partial charge in [-0.3, -0.25) is 4.79 Å². The van der Waals surface area contributed by atoms with E-state index in [2.05, 4.69) is 20.9 Å². The van der Waals surface area contributed by atoms with Crippen LogP contribution < -0.4 is 0 Å². The largest absolute Gasteiger partial charge is 0.481 e. The lowest BCUT2D eigenvalue weighted by molar-refractivity contribution is -0.149. The van der Waals surface area contributed by atoms with E-state index < -0.39 is 23.2 Å². The highest BCUT2D eigenvalue weighted by molar-refractivity contribution is 9.10. The molecule has 2 aromatic rings. The number of ether oxygens (including phenoxy) is 1. The summed E-state index contributed by atoms with van der Waals surface area (Å²) in [6.07, 6.45) is 2.43. The minimum Gasteiger partial charge on any atom is -0.481 e. The summed E-state index contributed by atoms with van der Waals surface area (Å²) in [6, 6.07) is 0.820. The average molecular weight is 402 g/mol. The van der Waals surface area contributed by atoms with Crippen LogP contribution >= 0.6 is 15.9 Å². The lowest BCUT2D eigenvalue weighted by atomic mass is 9.84. The maximum atomic E-state index is 14.2. The number of benzene rings is 1. The highest BCUT2D eigenvalue weighted by Gasteiger charge is 2.42. The molecule has 4 nitrogen and oxygen atoms in total. The summed E-state index contributed by atoms with van der Waals surface area (Å²) in [4.78, 5) is 14.4. The van der Waals surface area contributed by atoms with Crippen molar-refractivity contribution in [3.63, 3.8) is 0 Å². The molecule has 7 heteroatoms. The SMILES string of the molecule is CCCCC1(CC(=O)O)OCCc2c1[nH]c1c(F)cc(F)c(Br)c21. The third-order valence-corrected chi connectivity index (χ3v) is 5.36. The van der Waals surface area contributed by atoms with Crippen molar-refractivity contribution in [2.45, 2.75) is 44.6 Å². The van der Waals surface area contributed by atoms with E-state index in [0.717, 1.165) is 24.5 Å². The Morgan fingerprint density at radius 2 is 2.21 bits per heavy atom. The fourth-order valence-corrected chi connectivity index (χ4v) is 4.07. The van der Waals surface area contributed by atoms with Crippen molar-refractivity contribution in [1.29, 1.82) is 0 Å². The molecule has 24 heavy (non-hydrogen) atoms. The highest BCUT2D eigenvalue weighted by atomic mass is 79.9. The van der Waals surface area contributed by atoms with E-state index >= 15 is 0 Å². The molecule has 0 aliphatic carbocycles. The standard InChI is InChI=1S/C17H18BrF2NO3/c1-2-3-5-17(8-12(22)23)16-9(4-6-24-17)13-14(18)10(19)7-11(20)15(13)21-16/h7,21H,2-6,8H2,1H3,(H,22,23). The van der Waals surface area contributed by atoms with E-state index in [0.29, 0.717) is 30.5 Å². The molecule has 1 aromatic carbocycles. The van der Waals surface area contributed by atoms with Crippen molar-refractivity contribution in [3.05, 3.63) is 33.4 Å². The fourth-order valence-electron chi connectivity index (χ4n) is 3.52. The molecule has 0 bridgehead atoms. The Bertz CT molecular complexity index is 805. The monoisotopic (exact) mass is 401 g/mol. The van der Waals surface area contributed by atoms with Gasteiger partial charge < -0.3 is 14.8 Å². The number of aromatic nitrogens is 1. The number of aliphatic carboxylic acids is 1. The predicted molar refractivity (Wildman–Crippen MR) is 89.0 cm³/mol. The third-order valence-electron chi connectivity index (χ3n) is 4.58. The third kappa shape index (κ3) is 2.73. The van der Waals surface area contributed by atoms with Crippen LogP contribution in [0.15, 0.2) is 10.5 Å². The van der Waals surface area contributed by atoms with E-state index in [4.69, 9.17) is 4.74 Å². The molecule has 2 N–H and O–H groups in total. The second-order valence-corrected chi connectivity index (χ2v) is 6.94. The first-order chi connectivity index (χ1) is 11.4. The van der Waals surface area contributed by atoms with Gasteiger partial charge in [-0.1, -0.05) is 19.8 Å². The normalized spacial score (nSPS) is 20.3. The zero-order valence-electron chi connectivity index (χ0n) is 13.2. The summed E-state index contributed by atoms with van der Waals surface area (Å²) in [5, 5.41) is 9.79. The summed E-state index contributed by atoms with van der Waals surface area (Å²) in [5.74, 6) is -2.35. The number of fused-ring (bicyclic) bond motifs is 3. The predicted octanol–water partition coefficient (Wildman–Crippen LogP) is 4.64. The van der Waals surface area contributed by atoms with Crippen LogP contribution in [0.1, 0.15) is 43.9 Å². The zero-order chi connectivity index (χ0) is 17.5. The van der Waals surface area contributed by atoms with Gasteiger partial charge in [0.1, 0.15) is 17.2 Å². The second kappa shape index (κ2) is 6.44. The minimum absolute atomic E-state index is 0.185. The molecule has 0 fully saturated rings. The lowest BCUT2D eigenvalue weighted by Gasteiger charge is -2.36. The van der Waals surface area contributed by atoms with Gasteiger partial charge in [0.2, 0.25) is 0 Å². The van der Waals surface area contributed by atoms with E-state index in [1.165, 1.54) is 0 Å². The van der Waals surface area contributed by atoms with Crippen LogP contribution in [0.25, 0.3) is 10.9 Å². The molecule has 130 valence electrons. The molecule has 3 rings (SSSR count). The number of nitrogens with one attached hydrogen (secondary N) is 1. The molecule has 1 atom stereocenters. The first-order valence-electron chi connectivity index (χ1n) is 7.94. The number of unbranched alkanes of at least 4 members (excludes halogenated alkanes) is 1. The molecule has 1 aliphatic heterocycles. The molecule has 1 aliphatic rings. The van der Waals surface area contributed by atoms with E-state index in [1.54, 1.807) is 0 Å². The van der Waals surface area contributed by atoms with Gasteiger partial charge in [0.05, 0.1) is 28.7 Å². The number of carboxylic acid groups (broad SMARTS) is 1. The zero-order valence-corrected chi connectivity index (χ0v) is 14.8. The topological polar surface area (TPSA) is 62.3 Å². The fraction of sp³-hybridized carbons (Fsp3) is 0.471. The van der Waals surface area contributed by atoms with Gasteiger partial charge in [-0.15, -0.1) is 0 Å². The number of aromatic amines is 1. The van der Waals surface area contributed by atoms with E-state index in [9.17, 15) is 18.7 Å². The first-order valence-corrected chi connectivity index (χ1v) is 8.73. The minimum atomic E-state index is -1.03. The van der Waals surface area contributed by atoms with Crippen molar-refractivity contribution in [2.24, 2.45) is 0 Å². The lowest BCUT2D eigenvalue weighted by Crippen LogP contribution is -2.38. The second-order valence-electron chi connectivity index (χ2n) is 6.15. The molecule has 1 unspecified atom stereocenters. The molecule has 2 heterocycles. The maximum absolute atomic E-state index is 14.2. The summed E-state index contributed by atoms with van der Waals surface area (Å²) in [5.41, 5.74) is 0.449. The molecule has 0 saturated heterocycles. The Morgan fingerprint density at radius 1 is 1.46 bits per heavy atom. The van der Waals surface area contributed by atoms with Crippen LogP contribution in [-0.2, 0) is 21.6 Å². The van der Waals surface area contributed by atoms with E-state index in [-0.39, 0.29) is 16.4 Å². The van der Waals surface area contributed by atoms with Gasteiger partial charge in [-0.2, -0.15) is 0 Å². The number of carbonyl (C=O) groups is 1. The van der Waals surface area contributed by atoms with Crippen LogP contribution in [0.4, 0.5) is 8.78 Å². The maximum Gasteiger partial charge on any atom is 0.306 e. The molecule has 0 spiro atoms. The Hall–Kier alpha value is -1.47. The van der Waals surface area contributed by atoms with Crippen LogP contribution in [-0.4, -0.2) is 22.7 Å². The number of rotatable bonds is 5. The number of halogens is 3. The van der Waals surface area contributed by atoms with E-state index in [1.807, 2.05) is 6.92 Å². The van der Waals surface area contributed by atoms with Crippen molar-refractivity contribution >= 4 is 32.8 Å². The van der Waals surface area contributed by atoms with Gasteiger partial charge in [0, 0.05) is 11.5 Å². The molecular weight excluding hydrogens is 384 g/mol. The van der Waals surface area contributed by atoms with Gasteiger partial charge in [0.25, 0.3) is 0 Å². The first kappa shape index (κ1) is 17.4. The van der Waals surface area contributed by atoms with Crippen molar-refractivity contribution < 1.29 is 23.4 Å². The summed E-state index contributed by atoms with van der Waals surface area (Å²) >= 11 is 3.20. The van der Waals surface area contributed by atoms with Gasteiger partial charge >= 0.3 is 5.97 Å². The van der Waals surface area contributed by atoms with Crippen LogP contribution in [0, 0.1) is 11.6 Å². The van der Waals surface area contributed by atoms with Gasteiger partial charge in [-0.25, -0.2) is 8.78 Å². The Balaban J connectivity index is 2.25. The highest BCUT2D eigenvalue weighted by Crippen LogP contribution is 2.45. The Kier molecular flexibility index (Phi) is 4.66. The molecule has 0 radical (unpaired) electrons. The Labute approximate surface area is 146 Å². The summed E-state index contributed by atoms with van der Waals surface area (Å²) < 4.78 is 34.3. The summed E-state index contributed by atoms with van der Waals surface area (Å²) in [6.45, 7) is 2.33. The van der Waals surface area contributed by atoms with Crippen molar-refractivity contribution in [1.82, 2.24) is 4.98 Å². The van der Waals surface area contributed by atoms with Crippen molar-refractivity contribution in [3.8, 4) is 0 Å². The number of hydrogen-bond acceptors (Lipinski definition) is 2. The van der Waals surface area contributed by atoms with Crippen LogP contribution in [0.2, 0.25) is 0 Å². The summed E-state index contributed by atoms with van der Waals surface area (Å²) in [7, 11) is 0. The smallest absolute Gasteiger partial charge is 0.306 e. The number of hydrogen-bond donors (Lipinski definition) is 2. The van der Waals surface area contributed by atoms with Gasteiger partial charge in [0.15, 0.2) is 0 Å². The molecular formula is C17H18BrF2NO3. The number of carboxylic acids is 1. The van der Waals surface area contributed by atoms with Crippen LogP contribution in [0.3, 0.4) is 0 Å². The molecule has 1 aromatic heterocycles. The Morgan fingerprint density at radius 3 is 2.88 bits per heavy atom. The van der Waals surface area contributed by atoms with Crippen molar-refractivity contribution in [2.75, 3.05) is 6.61 Å².